The van der Waals surface area contributed by atoms with Crippen LogP contribution >= 0.6 is 0 Å². The van der Waals surface area contributed by atoms with E-state index in [1.54, 1.807) is 12.3 Å². The molecule has 0 aliphatic heterocycles. The molecule has 0 radical (unpaired) electrons. The van der Waals surface area contributed by atoms with Gasteiger partial charge in [-0.3, -0.25) is 15.1 Å². The van der Waals surface area contributed by atoms with E-state index < -0.39 is 4.92 Å². The second kappa shape index (κ2) is 5.80. The average molecular weight is 268 g/mol. The van der Waals surface area contributed by atoms with Crippen molar-refractivity contribution in [2.45, 2.75) is 6.54 Å². The minimum atomic E-state index is -0.554. The molecule has 2 aromatic rings. The van der Waals surface area contributed by atoms with Crippen molar-refractivity contribution in [1.29, 1.82) is 5.26 Å². The molecule has 1 heterocycles. The first-order valence-electron chi connectivity index (χ1n) is 5.91. The molecule has 1 aromatic heterocycles. The maximum Gasteiger partial charge on any atom is 0.287 e. The summed E-state index contributed by atoms with van der Waals surface area (Å²) < 4.78 is 0. The fourth-order valence-corrected chi connectivity index (χ4v) is 1.84. The van der Waals surface area contributed by atoms with Gasteiger partial charge in [0.25, 0.3) is 5.69 Å². The van der Waals surface area contributed by atoms with Crippen molar-refractivity contribution < 1.29 is 4.92 Å². The van der Waals surface area contributed by atoms with Crippen molar-refractivity contribution in [1.82, 2.24) is 4.98 Å². The number of nitriles is 1. The Hall–Kier alpha value is -2.94. The van der Waals surface area contributed by atoms with Crippen molar-refractivity contribution in [3.63, 3.8) is 0 Å². The zero-order valence-electron chi connectivity index (χ0n) is 10.9. The number of nitro benzene ring substituents is 1. The number of hydrogen-bond donors (Lipinski definition) is 0. The molecule has 20 heavy (non-hydrogen) atoms. The van der Waals surface area contributed by atoms with Gasteiger partial charge in [-0.1, -0.05) is 6.07 Å². The summed E-state index contributed by atoms with van der Waals surface area (Å²) in [5.41, 5.74) is 1.49. The molecule has 0 saturated heterocycles. The highest BCUT2D eigenvalue weighted by molar-refractivity contribution is 5.59. The van der Waals surface area contributed by atoms with Crippen LogP contribution in [0.25, 0.3) is 0 Å². The van der Waals surface area contributed by atoms with Gasteiger partial charge in [0.2, 0.25) is 0 Å². The van der Waals surface area contributed by atoms with Crippen LogP contribution in [0.15, 0.2) is 42.6 Å². The number of pyridine rings is 1. The molecule has 0 amide bonds. The largest absolute Gasteiger partial charge is 0.369 e. The Labute approximate surface area is 116 Å². The molecule has 6 nitrogen and oxygen atoms in total. The van der Waals surface area contributed by atoms with E-state index >= 15 is 0 Å². The van der Waals surface area contributed by atoms with Crippen LogP contribution in [-0.2, 0) is 6.54 Å². The van der Waals surface area contributed by atoms with E-state index in [9.17, 15) is 10.1 Å². The van der Waals surface area contributed by atoms with E-state index in [-0.39, 0.29) is 11.3 Å². The van der Waals surface area contributed by atoms with Gasteiger partial charge < -0.3 is 4.90 Å². The van der Waals surface area contributed by atoms with E-state index in [0.29, 0.717) is 6.54 Å². The van der Waals surface area contributed by atoms with Crippen LogP contribution in [0.1, 0.15) is 11.3 Å². The normalized spacial score (nSPS) is 9.80. The molecule has 0 N–H and O–H groups in total. The molecule has 0 bridgehead atoms. The Morgan fingerprint density at radius 3 is 2.80 bits per heavy atom. The molecular formula is C14H12N4O2. The standard InChI is InChI=1S/C14H12N4O2/c1-17(10-12-4-2-3-7-16-12)13-5-6-14(18(19)20)11(8-13)9-15/h2-8H,10H2,1H3. The molecule has 0 aliphatic carbocycles. The third-order valence-electron chi connectivity index (χ3n) is 2.86. The van der Waals surface area contributed by atoms with Crippen LogP contribution in [0, 0.1) is 21.4 Å². The van der Waals surface area contributed by atoms with Gasteiger partial charge in [0.15, 0.2) is 0 Å². The summed E-state index contributed by atoms with van der Waals surface area (Å²) >= 11 is 0. The minimum Gasteiger partial charge on any atom is -0.369 e. The Morgan fingerprint density at radius 1 is 1.40 bits per heavy atom. The Bertz CT molecular complexity index is 665. The van der Waals surface area contributed by atoms with Gasteiger partial charge in [-0.2, -0.15) is 5.26 Å². The number of nitro groups is 1. The first-order valence-corrected chi connectivity index (χ1v) is 5.91. The van der Waals surface area contributed by atoms with Crippen LogP contribution in [-0.4, -0.2) is 17.0 Å². The molecule has 1 aromatic carbocycles. The molecular weight excluding hydrogens is 256 g/mol. The van der Waals surface area contributed by atoms with Gasteiger partial charge in [0, 0.05) is 25.0 Å². The Morgan fingerprint density at radius 2 is 2.20 bits per heavy atom. The summed E-state index contributed by atoms with van der Waals surface area (Å²) in [5.74, 6) is 0. The molecule has 0 fully saturated rings. The van der Waals surface area contributed by atoms with Crippen LogP contribution < -0.4 is 4.90 Å². The lowest BCUT2D eigenvalue weighted by Gasteiger charge is -2.18. The number of aromatic nitrogens is 1. The van der Waals surface area contributed by atoms with Crippen molar-refractivity contribution in [3.05, 3.63) is 64.0 Å². The Kier molecular flexibility index (Phi) is 3.91. The lowest BCUT2D eigenvalue weighted by molar-refractivity contribution is -0.385. The fraction of sp³-hybridized carbons (Fsp3) is 0.143. The van der Waals surface area contributed by atoms with Crippen molar-refractivity contribution >= 4 is 11.4 Å². The second-order valence-corrected chi connectivity index (χ2v) is 4.25. The molecule has 0 unspecified atom stereocenters. The predicted octanol–water partition coefficient (Wildman–Crippen LogP) is 2.50. The number of hydrogen-bond acceptors (Lipinski definition) is 5. The zero-order chi connectivity index (χ0) is 14.5. The number of benzene rings is 1. The predicted molar refractivity (Wildman–Crippen MR) is 74.2 cm³/mol. The molecule has 0 saturated carbocycles. The van der Waals surface area contributed by atoms with Crippen molar-refractivity contribution in [2.75, 3.05) is 11.9 Å². The van der Waals surface area contributed by atoms with Gasteiger partial charge in [-0.15, -0.1) is 0 Å². The fourth-order valence-electron chi connectivity index (χ4n) is 1.84. The molecule has 0 aliphatic rings. The number of rotatable bonds is 4. The van der Waals surface area contributed by atoms with E-state index in [0.717, 1.165) is 11.4 Å². The highest BCUT2D eigenvalue weighted by Crippen LogP contribution is 2.24. The molecule has 0 spiro atoms. The molecule has 2 rings (SSSR count). The molecule has 100 valence electrons. The molecule has 6 heteroatoms. The summed E-state index contributed by atoms with van der Waals surface area (Å²) in [7, 11) is 1.84. The number of nitrogens with zero attached hydrogens (tertiary/aromatic N) is 4. The van der Waals surface area contributed by atoms with E-state index in [2.05, 4.69) is 4.98 Å². The number of anilines is 1. The van der Waals surface area contributed by atoms with Gasteiger partial charge in [-0.25, -0.2) is 0 Å². The highest BCUT2D eigenvalue weighted by atomic mass is 16.6. The lowest BCUT2D eigenvalue weighted by atomic mass is 10.1. The highest BCUT2D eigenvalue weighted by Gasteiger charge is 2.15. The van der Waals surface area contributed by atoms with E-state index in [1.165, 1.54) is 12.1 Å². The summed E-state index contributed by atoms with van der Waals surface area (Å²) in [5, 5.41) is 19.8. The van der Waals surface area contributed by atoms with Gasteiger partial charge in [0.1, 0.15) is 11.6 Å². The SMILES string of the molecule is CN(Cc1ccccn1)c1ccc([N+](=O)[O-])c(C#N)c1. The first-order chi connectivity index (χ1) is 9.61. The van der Waals surface area contributed by atoms with Crippen LogP contribution in [0.5, 0.6) is 0 Å². The third-order valence-corrected chi connectivity index (χ3v) is 2.86. The van der Waals surface area contributed by atoms with Crippen LogP contribution in [0.3, 0.4) is 0 Å². The quantitative estimate of drug-likeness (QED) is 0.628. The summed E-state index contributed by atoms with van der Waals surface area (Å²) in [4.78, 5) is 16.3. The van der Waals surface area contributed by atoms with Crippen LogP contribution in [0.2, 0.25) is 0 Å². The Balaban J connectivity index is 2.25. The maximum atomic E-state index is 10.8. The van der Waals surface area contributed by atoms with Gasteiger partial charge in [-0.05, 0) is 24.3 Å². The maximum absolute atomic E-state index is 10.8. The summed E-state index contributed by atoms with van der Waals surface area (Å²) in [6.07, 6.45) is 1.71. The second-order valence-electron chi connectivity index (χ2n) is 4.25. The first kappa shape index (κ1) is 13.5. The third kappa shape index (κ3) is 2.90. The summed E-state index contributed by atoms with van der Waals surface area (Å²) in [6, 6.07) is 12.0. The monoisotopic (exact) mass is 268 g/mol. The average Bonchev–Trinajstić information content (AvgIpc) is 2.47. The summed E-state index contributed by atoms with van der Waals surface area (Å²) in [6.45, 7) is 0.559. The van der Waals surface area contributed by atoms with E-state index in [1.807, 2.05) is 36.2 Å². The minimum absolute atomic E-state index is 0.0559. The van der Waals surface area contributed by atoms with Crippen molar-refractivity contribution in [2.24, 2.45) is 0 Å². The van der Waals surface area contributed by atoms with Crippen molar-refractivity contribution in [3.8, 4) is 6.07 Å². The van der Waals surface area contributed by atoms with Gasteiger partial charge >= 0.3 is 0 Å². The van der Waals surface area contributed by atoms with E-state index in [4.69, 9.17) is 5.26 Å². The lowest BCUT2D eigenvalue weighted by Crippen LogP contribution is -2.17. The smallest absolute Gasteiger partial charge is 0.287 e. The van der Waals surface area contributed by atoms with Gasteiger partial charge in [0.05, 0.1) is 17.2 Å². The molecule has 0 atom stereocenters. The van der Waals surface area contributed by atoms with Crippen LogP contribution in [0.4, 0.5) is 11.4 Å². The topological polar surface area (TPSA) is 83.1 Å². The zero-order valence-corrected chi connectivity index (χ0v) is 10.9.